The number of rotatable bonds is 5. The molecule has 3 N–H and O–H groups in total. The normalized spacial score (nSPS) is 21.2. The molecule has 0 saturated heterocycles. The predicted octanol–water partition coefficient (Wildman–Crippen LogP) is 2.73. The van der Waals surface area contributed by atoms with Gasteiger partial charge in [-0.2, -0.15) is 0 Å². The second-order valence-electron chi connectivity index (χ2n) is 5.81. The Morgan fingerprint density at radius 2 is 1.88 bits per heavy atom. The first-order valence-corrected chi connectivity index (χ1v) is 7.89. The molecule has 0 bridgehead atoms. The molecule has 0 atom stereocenters. The summed E-state index contributed by atoms with van der Waals surface area (Å²) in [6.07, 6.45) is -2.06. The van der Waals surface area contributed by atoms with Gasteiger partial charge >= 0.3 is 12.4 Å². The van der Waals surface area contributed by atoms with Gasteiger partial charge in [0.05, 0.1) is 6.10 Å². The Hall–Kier alpha value is -1.96. The second-order valence-corrected chi connectivity index (χ2v) is 5.81. The number of aliphatic hydroxyl groups is 1. The lowest BCUT2D eigenvalue weighted by Crippen LogP contribution is -2.44. The highest BCUT2D eigenvalue weighted by atomic mass is 19.4. The first-order chi connectivity index (χ1) is 11.3. The number of amides is 2. The third-order valence-electron chi connectivity index (χ3n) is 3.91. The van der Waals surface area contributed by atoms with Crippen LogP contribution in [0.1, 0.15) is 31.2 Å². The molecular formula is C16H21F3N2O3. The van der Waals surface area contributed by atoms with Gasteiger partial charge in [0.2, 0.25) is 0 Å². The molecule has 2 rings (SSSR count). The highest BCUT2D eigenvalue weighted by Gasteiger charge is 2.31. The third kappa shape index (κ3) is 6.27. The molecule has 1 aromatic carbocycles. The summed E-state index contributed by atoms with van der Waals surface area (Å²) in [4.78, 5) is 11.8. The molecule has 5 nitrogen and oxygen atoms in total. The van der Waals surface area contributed by atoms with Crippen molar-refractivity contribution in [2.75, 3.05) is 6.54 Å². The fourth-order valence-corrected chi connectivity index (χ4v) is 2.70. The van der Waals surface area contributed by atoms with Gasteiger partial charge in [-0.1, -0.05) is 18.2 Å². The highest BCUT2D eigenvalue weighted by Crippen LogP contribution is 2.26. The van der Waals surface area contributed by atoms with Crippen molar-refractivity contribution in [1.82, 2.24) is 10.6 Å². The van der Waals surface area contributed by atoms with Gasteiger partial charge in [-0.05, 0) is 43.7 Å². The Morgan fingerprint density at radius 3 is 2.54 bits per heavy atom. The van der Waals surface area contributed by atoms with Gasteiger partial charge < -0.3 is 20.5 Å². The van der Waals surface area contributed by atoms with Gasteiger partial charge in [0.1, 0.15) is 5.75 Å². The van der Waals surface area contributed by atoms with Crippen LogP contribution in [-0.4, -0.2) is 36.2 Å². The van der Waals surface area contributed by atoms with Crippen LogP contribution in [0.3, 0.4) is 0 Å². The van der Waals surface area contributed by atoms with E-state index in [-0.39, 0.29) is 36.9 Å². The monoisotopic (exact) mass is 346 g/mol. The maximum atomic E-state index is 12.3. The van der Waals surface area contributed by atoms with E-state index in [4.69, 9.17) is 0 Å². The van der Waals surface area contributed by atoms with Crippen molar-refractivity contribution in [2.24, 2.45) is 0 Å². The van der Waals surface area contributed by atoms with E-state index in [1.165, 1.54) is 18.2 Å². The summed E-state index contributed by atoms with van der Waals surface area (Å²) < 4.78 is 41.0. The number of carbonyl (C=O) groups is 1. The number of alkyl halides is 3. The van der Waals surface area contributed by atoms with E-state index < -0.39 is 6.36 Å². The first kappa shape index (κ1) is 18.4. The maximum Gasteiger partial charge on any atom is 0.573 e. The summed E-state index contributed by atoms with van der Waals surface area (Å²) in [6.45, 7) is 0.194. The minimum Gasteiger partial charge on any atom is -0.406 e. The quantitative estimate of drug-likeness (QED) is 0.768. The second kappa shape index (κ2) is 8.23. The SMILES string of the molecule is O=C(NCCc1ccccc1OC(F)(F)F)NC1CCC(O)CC1. The lowest BCUT2D eigenvalue weighted by molar-refractivity contribution is -0.274. The van der Waals surface area contributed by atoms with Crippen molar-refractivity contribution in [3.8, 4) is 5.75 Å². The van der Waals surface area contributed by atoms with Gasteiger partial charge in [0, 0.05) is 12.6 Å². The van der Waals surface area contributed by atoms with Crippen LogP contribution in [0.2, 0.25) is 0 Å². The zero-order valence-corrected chi connectivity index (χ0v) is 13.1. The smallest absolute Gasteiger partial charge is 0.406 e. The van der Waals surface area contributed by atoms with E-state index in [0.717, 1.165) is 12.8 Å². The van der Waals surface area contributed by atoms with Crippen LogP contribution in [0.25, 0.3) is 0 Å². The standard InChI is InChI=1S/C16H21F3N2O3/c17-16(18,19)24-14-4-2-1-3-11(14)9-10-20-15(23)21-12-5-7-13(22)8-6-12/h1-4,12-13,22H,5-10H2,(H2,20,21,23). The summed E-state index contributed by atoms with van der Waals surface area (Å²) in [7, 11) is 0. The summed E-state index contributed by atoms with van der Waals surface area (Å²) in [6, 6.07) is 5.52. The van der Waals surface area contributed by atoms with E-state index >= 15 is 0 Å². The Labute approximate surface area is 138 Å². The van der Waals surface area contributed by atoms with E-state index in [1.807, 2.05) is 0 Å². The highest BCUT2D eigenvalue weighted by molar-refractivity contribution is 5.74. The topological polar surface area (TPSA) is 70.6 Å². The van der Waals surface area contributed by atoms with E-state index in [1.54, 1.807) is 6.07 Å². The zero-order valence-electron chi connectivity index (χ0n) is 13.1. The number of ether oxygens (including phenoxy) is 1. The van der Waals surface area contributed by atoms with Crippen molar-refractivity contribution in [1.29, 1.82) is 0 Å². The van der Waals surface area contributed by atoms with Gasteiger partial charge in [-0.25, -0.2) is 4.79 Å². The summed E-state index contributed by atoms with van der Waals surface area (Å²) in [5.41, 5.74) is 0.371. The van der Waals surface area contributed by atoms with Crippen LogP contribution in [0.15, 0.2) is 24.3 Å². The number of benzene rings is 1. The molecule has 1 aliphatic rings. The predicted molar refractivity (Wildman–Crippen MR) is 81.6 cm³/mol. The van der Waals surface area contributed by atoms with Crippen LogP contribution in [0.4, 0.5) is 18.0 Å². The van der Waals surface area contributed by atoms with Crippen LogP contribution in [-0.2, 0) is 6.42 Å². The molecule has 2 amide bonds. The van der Waals surface area contributed by atoms with E-state index in [9.17, 15) is 23.1 Å². The Bertz CT molecular complexity index is 544. The molecule has 8 heteroatoms. The molecule has 24 heavy (non-hydrogen) atoms. The van der Waals surface area contributed by atoms with Crippen LogP contribution in [0.5, 0.6) is 5.75 Å². The van der Waals surface area contributed by atoms with Gasteiger partial charge in [-0.15, -0.1) is 13.2 Å². The average molecular weight is 346 g/mol. The van der Waals surface area contributed by atoms with E-state index in [2.05, 4.69) is 15.4 Å². The Morgan fingerprint density at radius 1 is 1.21 bits per heavy atom. The zero-order chi connectivity index (χ0) is 17.6. The minimum atomic E-state index is -4.74. The van der Waals surface area contributed by atoms with Crippen molar-refractivity contribution in [3.05, 3.63) is 29.8 Å². The average Bonchev–Trinajstić information content (AvgIpc) is 2.50. The van der Waals surface area contributed by atoms with Gasteiger partial charge in [-0.3, -0.25) is 0 Å². The van der Waals surface area contributed by atoms with Gasteiger partial charge in [0.15, 0.2) is 0 Å². The first-order valence-electron chi connectivity index (χ1n) is 7.89. The van der Waals surface area contributed by atoms with Crippen molar-refractivity contribution in [2.45, 2.75) is 50.6 Å². The summed E-state index contributed by atoms with van der Waals surface area (Å²) in [5.74, 6) is -0.256. The number of nitrogens with one attached hydrogen (secondary N) is 2. The maximum absolute atomic E-state index is 12.3. The van der Waals surface area contributed by atoms with Crippen molar-refractivity contribution < 1.29 is 27.8 Å². The number of hydrogen-bond donors (Lipinski definition) is 3. The van der Waals surface area contributed by atoms with Crippen molar-refractivity contribution >= 4 is 6.03 Å². The molecule has 1 fully saturated rings. The lowest BCUT2D eigenvalue weighted by atomic mass is 9.93. The molecule has 1 aromatic rings. The van der Waals surface area contributed by atoms with Crippen LogP contribution in [0, 0.1) is 0 Å². The number of hydrogen-bond acceptors (Lipinski definition) is 3. The summed E-state index contributed by atoms with van der Waals surface area (Å²) >= 11 is 0. The number of halogens is 3. The molecule has 0 unspecified atom stereocenters. The number of carbonyl (C=O) groups excluding carboxylic acids is 1. The molecule has 0 aliphatic heterocycles. The molecule has 0 heterocycles. The molecule has 0 spiro atoms. The molecule has 0 radical (unpaired) electrons. The molecule has 134 valence electrons. The minimum absolute atomic E-state index is 0.0225. The fraction of sp³-hybridized carbons (Fsp3) is 0.562. The third-order valence-corrected chi connectivity index (χ3v) is 3.91. The molecule has 1 saturated carbocycles. The number of aliphatic hydroxyl groups excluding tert-OH is 1. The van der Waals surface area contributed by atoms with Gasteiger partial charge in [0.25, 0.3) is 0 Å². The van der Waals surface area contributed by atoms with Crippen LogP contribution >= 0.6 is 0 Å². The Kier molecular flexibility index (Phi) is 6.30. The van der Waals surface area contributed by atoms with Crippen molar-refractivity contribution in [3.63, 3.8) is 0 Å². The molecule has 0 aromatic heterocycles. The van der Waals surface area contributed by atoms with E-state index in [0.29, 0.717) is 18.4 Å². The summed E-state index contributed by atoms with van der Waals surface area (Å²) in [5, 5.41) is 14.9. The number of urea groups is 1. The molecular weight excluding hydrogens is 325 g/mol. The molecule has 1 aliphatic carbocycles. The Balaban J connectivity index is 1.76. The fourth-order valence-electron chi connectivity index (χ4n) is 2.70. The number of para-hydroxylation sites is 1. The lowest BCUT2D eigenvalue weighted by Gasteiger charge is -2.26. The largest absolute Gasteiger partial charge is 0.573 e. The van der Waals surface area contributed by atoms with Crippen LogP contribution < -0.4 is 15.4 Å².